The Hall–Kier alpha value is -1.54. The fourth-order valence-electron chi connectivity index (χ4n) is 0.975. The van der Waals surface area contributed by atoms with Crippen LogP contribution in [0.4, 0.5) is 35.1 Å². The Morgan fingerprint density at radius 3 is 1.84 bits per heavy atom. The number of benzene rings is 1. The molecule has 0 saturated carbocycles. The molecule has 0 aromatic heterocycles. The lowest BCUT2D eigenvalue weighted by molar-refractivity contribution is -0.379. The first-order valence-electron chi connectivity index (χ1n) is 4.59. The predicted octanol–water partition coefficient (Wildman–Crippen LogP) is 3.99. The van der Waals surface area contributed by atoms with Gasteiger partial charge in [0.1, 0.15) is 5.75 Å². The summed E-state index contributed by atoms with van der Waals surface area (Å²) >= 11 is 0. The molecule has 0 aliphatic carbocycles. The summed E-state index contributed by atoms with van der Waals surface area (Å²) in [7, 11) is 0. The summed E-state index contributed by atoms with van der Waals surface area (Å²) in [5, 5.41) is 0. The van der Waals surface area contributed by atoms with E-state index in [9.17, 15) is 35.1 Å². The van der Waals surface area contributed by atoms with Gasteiger partial charge in [0, 0.05) is 0 Å². The van der Waals surface area contributed by atoms with Crippen molar-refractivity contribution in [3.63, 3.8) is 0 Å². The summed E-state index contributed by atoms with van der Waals surface area (Å²) in [6.45, 7) is 0. The highest BCUT2D eigenvalue weighted by Crippen LogP contribution is 2.48. The van der Waals surface area contributed by atoms with Crippen LogP contribution in [0, 0.1) is 6.07 Å². The van der Waals surface area contributed by atoms with E-state index >= 15 is 0 Å². The first kappa shape index (κ1) is 15.5. The van der Waals surface area contributed by atoms with Gasteiger partial charge in [0.25, 0.3) is 0 Å². The van der Waals surface area contributed by atoms with Crippen LogP contribution in [0.3, 0.4) is 0 Å². The second-order valence-electron chi connectivity index (χ2n) is 3.36. The van der Waals surface area contributed by atoms with Gasteiger partial charge in [-0.2, -0.15) is 35.1 Å². The fraction of sp³-hybridized carbons (Fsp3) is 0.400. The Bertz CT molecular complexity index is 413. The minimum absolute atomic E-state index is 0.635. The summed E-state index contributed by atoms with van der Waals surface area (Å²) in [4.78, 5) is 0. The smallest absolute Gasteiger partial charge is 0.454 e. The van der Waals surface area contributed by atoms with Crippen molar-refractivity contribution >= 4 is 0 Å². The monoisotopic (exact) mass is 293 g/mol. The van der Waals surface area contributed by atoms with Crippen molar-refractivity contribution in [1.82, 2.24) is 0 Å². The third-order valence-electron chi connectivity index (χ3n) is 1.99. The number of ether oxygens (including phenoxy) is 1. The molecule has 107 valence electrons. The van der Waals surface area contributed by atoms with Crippen molar-refractivity contribution < 1.29 is 39.9 Å². The van der Waals surface area contributed by atoms with Crippen LogP contribution in [-0.4, -0.2) is 24.4 Å². The highest BCUT2D eigenvalue weighted by Gasteiger charge is 2.77. The quantitative estimate of drug-likeness (QED) is 0.763. The molecule has 19 heavy (non-hydrogen) atoms. The zero-order valence-electron chi connectivity index (χ0n) is 8.82. The molecule has 0 fully saturated rings. The first-order valence-corrected chi connectivity index (χ1v) is 4.59. The van der Waals surface area contributed by atoms with Crippen LogP contribution in [0.2, 0.25) is 0 Å². The lowest BCUT2D eigenvalue weighted by Gasteiger charge is -2.30. The van der Waals surface area contributed by atoms with E-state index in [2.05, 4.69) is 10.8 Å². The van der Waals surface area contributed by atoms with E-state index in [4.69, 9.17) is 0 Å². The molecule has 0 N–H and O–H groups in total. The van der Waals surface area contributed by atoms with E-state index in [1.807, 2.05) is 0 Å². The molecule has 0 spiro atoms. The molecule has 0 aliphatic heterocycles. The van der Waals surface area contributed by atoms with Gasteiger partial charge < -0.3 is 4.74 Å². The fourth-order valence-corrected chi connectivity index (χ4v) is 0.975. The molecule has 0 heterocycles. The van der Waals surface area contributed by atoms with E-state index in [1.54, 1.807) is 0 Å². The Morgan fingerprint density at radius 1 is 0.947 bits per heavy atom. The summed E-state index contributed by atoms with van der Waals surface area (Å²) in [6.07, 6.45) is -10.8. The molecule has 0 bridgehead atoms. The second-order valence-corrected chi connectivity index (χ2v) is 3.36. The van der Waals surface area contributed by atoms with Crippen LogP contribution in [0.1, 0.15) is 0 Å². The highest BCUT2D eigenvalue weighted by molar-refractivity contribution is 5.20. The Morgan fingerprint density at radius 2 is 1.42 bits per heavy atom. The van der Waals surface area contributed by atoms with Crippen molar-refractivity contribution in [1.29, 1.82) is 0 Å². The van der Waals surface area contributed by atoms with Crippen molar-refractivity contribution in [2.75, 3.05) is 0 Å². The van der Waals surface area contributed by atoms with Gasteiger partial charge >= 0.3 is 24.4 Å². The molecule has 1 rings (SSSR count). The molecular formula is C10H5F8O. The van der Waals surface area contributed by atoms with Gasteiger partial charge in [-0.25, -0.2) is 0 Å². The van der Waals surface area contributed by atoms with Crippen molar-refractivity contribution in [2.45, 2.75) is 24.4 Å². The number of hydrogen-bond acceptors (Lipinski definition) is 1. The van der Waals surface area contributed by atoms with Crippen LogP contribution in [0.5, 0.6) is 5.75 Å². The molecule has 1 radical (unpaired) electrons. The second kappa shape index (κ2) is 4.86. The maximum Gasteiger partial charge on any atom is 0.460 e. The third-order valence-corrected chi connectivity index (χ3v) is 1.99. The molecule has 1 unspecified atom stereocenters. The van der Waals surface area contributed by atoms with Crippen molar-refractivity contribution in [3.8, 4) is 5.75 Å². The maximum absolute atomic E-state index is 12.9. The van der Waals surface area contributed by atoms with Crippen LogP contribution < -0.4 is 4.74 Å². The van der Waals surface area contributed by atoms with Gasteiger partial charge in [-0.3, -0.25) is 0 Å². The Kier molecular flexibility index (Phi) is 3.97. The van der Waals surface area contributed by atoms with Crippen LogP contribution in [0.15, 0.2) is 24.3 Å². The van der Waals surface area contributed by atoms with E-state index in [0.717, 1.165) is 24.3 Å². The molecule has 1 aromatic carbocycles. The lowest BCUT2D eigenvalue weighted by atomic mass is 10.1. The van der Waals surface area contributed by atoms with E-state index in [-0.39, 0.29) is 0 Å². The van der Waals surface area contributed by atoms with Crippen LogP contribution in [-0.2, 0) is 0 Å². The topological polar surface area (TPSA) is 9.23 Å². The Balaban J connectivity index is 2.94. The van der Waals surface area contributed by atoms with Crippen LogP contribution >= 0.6 is 0 Å². The molecule has 0 amide bonds. The SMILES string of the molecule is FC(Oc1cc[c]cc1)C(F)(F)C(F)(F)C(F)(F)F. The largest absolute Gasteiger partial charge is 0.460 e. The van der Waals surface area contributed by atoms with E-state index in [1.165, 1.54) is 0 Å². The zero-order chi connectivity index (χ0) is 14.9. The molecule has 1 aromatic rings. The molecule has 0 saturated heterocycles. The van der Waals surface area contributed by atoms with Gasteiger partial charge in [-0.1, -0.05) is 12.1 Å². The zero-order valence-corrected chi connectivity index (χ0v) is 8.82. The molecule has 1 nitrogen and oxygen atoms in total. The summed E-state index contributed by atoms with van der Waals surface area (Å²) in [5.74, 6) is -13.3. The third kappa shape index (κ3) is 2.90. The minimum Gasteiger partial charge on any atom is -0.454 e. The number of rotatable bonds is 4. The molecule has 0 aliphatic rings. The molecule has 1 atom stereocenters. The predicted molar refractivity (Wildman–Crippen MR) is 46.8 cm³/mol. The average Bonchev–Trinajstić information content (AvgIpc) is 2.28. The summed E-state index contributed by atoms with van der Waals surface area (Å²) in [6, 6.07) is 6.26. The van der Waals surface area contributed by atoms with E-state index in [0.29, 0.717) is 0 Å². The van der Waals surface area contributed by atoms with Gasteiger partial charge in [0.15, 0.2) is 0 Å². The summed E-state index contributed by atoms with van der Waals surface area (Å²) < 4.78 is 103. The van der Waals surface area contributed by atoms with Gasteiger partial charge in [-0.15, -0.1) is 0 Å². The standard InChI is InChI=1S/C10H5F8O/c11-7(19-6-4-2-1-3-5-6)8(12,13)9(14,15)10(16,17)18/h2-5,7H. The number of hydrogen-bond donors (Lipinski definition) is 0. The van der Waals surface area contributed by atoms with Gasteiger partial charge in [-0.05, 0) is 18.2 Å². The van der Waals surface area contributed by atoms with E-state index < -0.39 is 30.1 Å². The highest BCUT2D eigenvalue weighted by atomic mass is 19.4. The maximum atomic E-state index is 12.9. The number of halogens is 8. The van der Waals surface area contributed by atoms with Crippen molar-refractivity contribution in [2.24, 2.45) is 0 Å². The molecular weight excluding hydrogens is 288 g/mol. The summed E-state index contributed by atoms with van der Waals surface area (Å²) in [5.41, 5.74) is 0. The van der Waals surface area contributed by atoms with Gasteiger partial charge in [0.05, 0.1) is 0 Å². The molecule has 9 heteroatoms. The van der Waals surface area contributed by atoms with Gasteiger partial charge in [0.2, 0.25) is 0 Å². The normalized spacial score (nSPS) is 15.2. The first-order chi connectivity index (χ1) is 8.50. The Labute approximate surface area is 101 Å². The van der Waals surface area contributed by atoms with Crippen LogP contribution in [0.25, 0.3) is 0 Å². The lowest BCUT2D eigenvalue weighted by Crippen LogP contribution is -2.58. The van der Waals surface area contributed by atoms with Crippen molar-refractivity contribution in [3.05, 3.63) is 30.3 Å². The minimum atomic E-state index is -6.60. The number of alkyl halides is 8. The average molecular weight is 293 g/mol.